The number of fused-ring (bicyclic) bond motifs is 3. The van der Waals surface area contributed by atoms with E-state index in [0.29, 0.717) is 16.9 Å². The van der Waals surface area contributed by atoms with Gasteiger partial charge in [0, 0.05) is 27.8 Å². The number of aromatic nitrogens is 3. The zero-order valence-electron chi connectivity index (χ0n) is 16.1. The van der Waals surface area contributed by atoms with Crippen LogP contribution in [0.4, 0.5) is 0 Å². The van der Waals surface area contributed by atoms with Crippen molar-refractivity contribution in [2.45, 2.75) is 32.3 Å². The normalized spacial score (nSPS) is 13.4. The molecule has 0 bridgehead atoms. The summed E-state index contributed by atoms with van der Waals surface area (Å²) in [5, 5.41) is 0.805. The second-order valence-corrected chi connectivity index (χ2v) is 8.29. The molecular weight excluding hydrogens is 446 g/mol. The van der Waals surface area contributed by atoms with Gasteiger partial charge in [0.05, 0.1) is 16.8 Å². The molecule has 1 aliphatic carbocycles. The Hall–Kier alpha value is -3.06. The number of nitrogens with zero attached hydrogens (tertiary/aromatic N) is 3. The first-order valence-electron chi connectivity index (χ1n) is 9.85. The number of esters is 1. The lowest BCUT2D eigenvalue weighted by Crippen LogP contribution is -2.18. The SMILES string of the molecule is O=C(OCc1cc(=O)n2cc(Br)ccc2n1)c1c2c(nc3ccccc13)CCCC2. The summed E-state index contributed by atoms with van der Waals surface area (Å²) in [5.41, 5.74) is 4.07. The van der Waals surface area contributed by atoms with Crippen molar-refractivity contribution in [1.82, 2.24) is 14.4 Å². The van der Waals surface area contributed by atoms with Crippen molar-refractivity contribution in [2.24, 2.45) is 0 Å². The number of carbonyl (C=O) groups excluding carboxylic acids is 1. The summed E-state index contributed by atoms with van der Waals surface area (Å²) in [4.78, 5) is 34.7. The first-order chi connectivity index (χ1) is 14.6. The summed E-state index contributed by atoms with van der Waals surface area (Å²) in [6, 6.07) is 12.6. The highest BCUT2D eigenvalue weighted by atomic mass is 79.9. The Morgan fingerprint density at radius 3 is 2.83 bits per heavy atom. The minimum atomic E-state index is -0.399. The highest BCUT2D eigenvalue weighted by Crippen LogP contribution is 2.30. The third-order valence-corrected chi connectivity index (χ3v) is 5.87. The molecule has 0 fully saturated rings. The van der Waals surface area contributed by atoms with E-state index in [1.807, 2.05) is 30.3 Å². The van der Waals surface area contributed by atoms with Gasteiger partial charge < -0.3 is 4.74 Å². The van der Waals surface area contributed by atoms with Gasteiger partial charge >= 0.3 is 5.97 Å². The van der Waals surface area contributed by atoms with E-state index in [1.165, 1.54) is 10.5 Å². The number of halogens is 1. The van der Waals surface area contributed by atoms with E-state index in [1.54, 1.807) is 12.3 Å². The second-order valence-electron chi connectivity index (χ2n) is 7.37. The predicted molar refractivity (Wildman–Crippen MR) is 117 cm³/mol. The van der Waals surface area contributed by atoms with E-state index in [0.717, 1.165) is 52.3 Å². The van der Waals surface area contributed by atoms with Gasteiger partial charge in [0.1, 0.15) is 12.3 Å². The van der Waals surface area contributed by atoms with E-state index in [-0.39, 0.29) is 12.2 Å². The fraction of sp³-hybridized carbons (Fsp3) is 0.217. The molecule has 150 valence electrons. The Bertz CT molecular complexity index is 1360. The van der Waals surface area contributed by atoms with Crippen LogP contribution in [0, 0.1) is 0 Å². The molecule has 30 heavy (non-hydrogen) atoms. The van der Waals surface area contributed by atoms with Gasteiger partial charge in [-0.2, -0.15) is 0 Å². The summed E-state index contributed by atoms with van der Waals surface area (Å²) in [6.07, 6.45) is 5.47. The molecule has 3 heterocycles. The van der Waals surface area contributed by atoms with Crippen molar-refractivity contribution in [1.29, 1.82) is 0 Å². The summed E-state index contributed by atoms with van der Waals surface area (Å²) in [6.45, 7) is -0.0634. The van der Waals surface area contributed by atoms with Gasteiger partial charge in [0.2, 0.25) is 0 Å². The summed E-state index contributed by atoms with van der Waals surface area (Å²) in [7, 11) is 0. The summed E-state index contributed by atoms with van der Waals surface area (Å²) < 4.78 is 7.86. The van der Waals surface area contributed by atoms with E-state index in [2.05, 4.69) is 20.9 Å². The van der Waals surface area contributed by atoms with Crippen LogP contribution in [0.25, 0.3) is 16.6 Å². The largest absolute Gasteiger partial charge is 0.456 e. The Balaban J connectivity index is 1.49. The number of pyridine rings is 2. The number of benzene rings is 1. The molecule has 7 heteroatoms. The van der Waals surface area contributed by atoms with Crippen LogP contribution in [0.2, 0.25) is 0 Å². The van der Waals surface area contributed by atoms with Crippen LogP contribution in [0.5, 0.6) is 0 Å². The van der Waals surface area contributed by atoms with Crippen molar-refractivity contribution in [3.8, 4) is 0 Å². The molecule has 0 atom stereocenters. The molecule has 1 aliphatic rings. The Kier molecular flexibility index (Phi) is 4.83. The molecule has 0 saturated heterocycles. The van der Waals surface area contributed by atoms with Gasteiger partial charge in [-0.1, -0.05) is 18.2 Å². The second kappa shape index (κ2) is 7.65. The summed E-state index contributed by atoms with van der Waals surface area (Å²) in [5.74, 6) is -0.399. The number of carbonyl (C=O) groups is 1. The fourth-order valence-electron chi connectivity index (χ4n) is 4.02. The molecule has 0 saturated carbocycles. The van der Waals surface area contributed by atoms with E-state index >= 15 is 0 Å². The predicted octanol–water partition coefficient (Wildman–Crippen LogP) is 4.24. The van der Waals surface area contributed by atoms with Crippen molar-refractivity contribution < 1.29 is 9.53 Å². The maximum atomic E-state index is 13.1. The minimum absolute atomic E-state index is 0.0634. The molecule has 0 aliphatic heterocycles. The van der Waals surface area contributed by atoms with Gasteiger partial charge in [-0.05, 0) is 65.4 Å². The van der Waals surface area contributed by atoms with Crippen molar-refractivity contribution in [3.63, 3.8) is 0 Å². The van der Waals surface area contributed by atoms with Gasteiger partial charge in [0.15, 0.2) is 0 Å². The quantitative estimate of drug-likeness (QED) is 0.424. The molecular formula is C23H18BrN3O3. The molecule has 0 amide bonds. The molecule has 3 aromatic heterocycles. The highest BCUT2D eigenvalue weighted by molar-refractivity contribution is 9.10. The minimum Gasteiger partial charge on any atom is -0.456 e. The average molecular weight is 464 g/mol. The molecule has 6 nitrogen and oxygen atoms in total. The monoisotopic (exact) mass is 463 g/mol. The number of hydrogen-bond acceptors (Lipinski definition) is 5. The number of para-hydroxylation sites is 1. The van der Waals surface area contributed by atoms with E-state index in [4.69, 9.17) is 9.72 Å². The van der Waals surface area contributed by atoms with E-state index in [9.17, 15) is 9.59 Å². The van der Waals surface area contributed by atoms with Crippen LogP contribution in [-0.2, 0) is 24.2 Å². The van der Waals surface area contributed by atoms with Crippen LogP contribution in [-0.4, -0.2) is 20.3 Å². The standard InChI is InChI=1S/C23H18BrN3O3/c24-14-9-10-20-25-15(11-21(28)27(20)12-14)13-30-23(29)22-16-5-1-3-7-18(16)26-19-8-4-2-6-17(19)22/h1,3,5,7,9-12H,2,4,6,8,13H2. The first-order valence-corrected chi connectivity index (χ1v) is 10.6. The average Bonchev–Trinajstić information content (AvgIpc) is 2.76. The zero-order chi connectivity index (χ0) is 20.7. The van der Waals surface area contributed by atoms with Crippen LogP contribution in [0.1, 0.15) is 40.2 Å². The number of rotatable bonds is 3. The lowest BCUT2D eigenvalue weighted by molar-refractivity contribution is 0.0468. The van der Waals surface area contributed by atoms with Crippen LogP contribution >= 0.6 is 15.9 Å². The van der Waals surface area contributed by atoms with Crippen LogP contribution in [0.15, 0.2) is 57.9 Å². The topological polar surface area (TPSA) is 73.6 Å². The Labute approximate surface area is 180 Å². The fourth-order valence-corrected chi connectivity index (χ4v) is 4.35. The number of hydrogen-bond donors (Lipinski definition) is 0. The van der Waals surface area contributed by atoms with Crippen LogP contribution in [0.3, 0.4) is 0 Å². The van der Waals surface area contributed by atoms with Gasteiger partial charge in [-0.15, -0.1) is 0 Å². The molecule has 5 rings (SSSR count). The molecule has 1 aromatic carbocycles. The number of aryl methyl sites for hydroxylation is 1. The molecule has 0 unspecified atom stereocenters. The maximum absolute atomic E-state index is 13.1. The third-order valence-electron chi connectivity index (χ3n) is 5.40. The molecule has 0 radical (unpaired) electrons. The van der Waals surface area contributed by atoms with Crippen molar-refractivity contribution in [3.05, 3.63) is 86.0 Å². The highest BCUT2D eigenvalue weighted by Gasteiger charge is 2.23. The summed E-state index contributed by atoms with van der Waals surface area (Å²) >= 11 is 3.35. The molecule has 0 N–H and O–H groups in total. The lowest BCUT2D eigenvalue weighted by Gasteiger charge is -2.20. The zero-order valence-corrected chi connectivity index (χ0v) is 17.7. The van der Waals surface area contributed by atoms with Gasteiger partial charge in [0.25, 0.3) is 5.56 Å². The van der Waals surface area contributed by atoms with E-state index < -0.39 is 5.97 Å². The van der Waals surface area contributed by atoms with Crippen molar-refractivity contribution in [2.75, 3.05) is 0 Å². The number of ether oxygens (including phenoxy) is 1. The van der Waals surface area contributed by atoms with Gasteiger partial charge in [-0.25, -0.2) is 9.78 Å². The molecule has 0 spiro atoms. The van der Waals surface area contributed by atoms with Crippen molar-refractivity contribution >= 4 is 38.4 Å². The third kappa shape index (κ3) is 3.39. The Morgan fingerprint density at radius 2 is 1.93 bits per heavy atom. The van der Waals surface area contributed by atoms with Crippen LogP contribution < -0.4 is 5.56 Å². The molecule has 4 aromatic rings. The smallest absolute Gasteiger partial charge is 0.339 e. The maximum Gasteiger partial charge on any atom is 0.339 e. The Morgan fingerprint density at radius 1 is 1.10 bits per heavy atom. The first kappa shape index (κ1) is 18.9. The lowest BCUT2D eigenvalue weighted by atomic mass is 9.90. The van der Waals surface area contributed by atoms with Gasteiger partial charge in [-0.3, -0.25) is 14.2 Å².